The minimum atomic E-state index is -0.602. The Morgan fingerprint density at radius 2 is 2.10 bits per heavy atom. The second-order valence-electron chi connectivity index (χ2n) is 6.21. The number of hydrogen-bond donors (Lipinski definition) is 1. The third kappa shape index (κ3) is 4.00. The van der Waals surface area contributed by atoms with Crippen LogP contribution in [0.1, 0.15) is 51.3 Å². The zero-order valence-corrected chi connectivity index (χ0v) is 12.5. The average Bonchev–Trinajstić information content (AvgIpc) is 2.47. The summed E-state index contributed by atoms with van der Waals surface area (Å²) in [5.74, 6) is -0.365. The van der Waals surface area contributed by atoms with Gasteiger partial charge in [-0.15, -0.1) is 0 Å². The van der Waals surface area contributed by atoms with Gasteiger partial charge in [-0.3, -0.25) is 4.98 Å². The number of aliphatic hydroxyl groups excluding tert-OH is 1. The molecule has 112 valence electrons. The molecule has 0 bridgehead atoms. The first kappa shape index (κ1) is 15.4. The molecule has 1 aliphatic heterocycles. The third-order valence-corrected chi connectivity index (χ3v) is 4.73. The number of halogens is 1. The Morgan fingerprint density at radius 3 is 2.65 bits per heavy atom. The predicted molar refractivity (Wildman–Crippen MR) is 77.8 cm³/mol. The molecule has 1 fully saturated rings. The summed E-state index contributed by atoms with van der Waals surface area (Å²) in [7, 11) is 0. The summed E-state index contributed by atoms with van der Waals surface area (Å²) in [4.78, 5) is 6.34. The number of aliphatic hydroxyl groups is 1. The van der Waals surface area contributed by atoms with Crippen LogP contribution in [0.2, 0.25) is 0 Å². The fraction of sp³-hybridized carbons (Fsp3) is 0.688. The second kappa shape index (κ2) is 6.64. The molecule has 1 aromatic rings. The van der Waals surface area contributed by atoms with Crippen LogP contribution >= 0.6 is 0 Å². The lowest BCUT2D eigenvalue weighted by atomic mass is 9.78. The Hall–Kier alpha value is -1.00. The monoisotopic (exact) mass is 280 g/mol. The van der Waals surface area contributed by atoms with Crippen LogP contribution in [0.5, 0.6) is 0 Å². The second-order valence-corrected chi connectivity index (χ2v) is 6.21. The van der Waals surface area contributed by atoms with Gasteiger partial charge in [0.1, 0.15) is 5.82 Å². The van der Waals surface area contributed by atoms with E-state index in [1.807, 2.05) is 0 Å². The topological polar surface area (TPSA) is 36.4 Å². The molecule has 0 spiro atoms. The van der Waals surface area contributed by atoms with Gasteiger partial charge in [-0.2, -0.15) is 0 Å². The standard InChI is InChI=1S/C16H25FN2O/c1-3-16(2)7-10-19(11-8-16)9-6-15(20)14-5-4-13(17)12-18-14/h4-5,12,15,20H,3,6-11H2,1-2H3. The molecule has 3 nitrogen and oxygen atoms in total. The van der Waals surface area contributed by atoms with Gasteiger partial charge in [0.15, 0.2) is 0 Å². The quantitative estimate of drug-likeness (QED) is 0.900. The van der Waals surface area contributed by atoms with Crippen molar-refractivity contribution in [1.82, 2.24) is 9.88 Å². The first-order valence-corrected chi connectivity index (χ1v) is 7.54. The Balaban J connectivity index is 1.77. The number of pyridine rings is 1. The highest BCUT2D eigenvalue weighted by atomic mass is 19.1. The molecule has 0 radical (unpaired) electrons. The summed E-state index contributed by atoms with van der Waals surface area (Å²) in [5.41, 5.74) is 1.05. The predicted octanol–water partition coefficient (Wildman–Crippen LogP) is 3.16. The highest BCUT2D eigenvalue weighted by Crippen LogP contribution is 2.34. The van der Waals surface area contributed by atoms with E-state index < -0.39 is 6.10 Å². The van der Waals surface area contributed by atoms with E-state index in [0.717, 1.165) is 25.8 Å². The van der Waals surface area contributed by atoms with Crippen LogP contribution in [-0.2, 0) is 0 Å². The lowest BCUT2D eigenvalue weighted by molar-refractivity contribution is 0.0897. The van der Waals surface area contributed by atoms with Gasteiger partial charge in [0.25, 0.3) is 0 Å². The molecular weight excluding hydrogens is 255 g/mol. The van der Waals surface area contributed by atoms with Crippen LogP contribution in [0.4, 0.5) is 4.39 Å². The number of rotatable bonds is 5. The van der Waals surface area contributed by atoms with Gasteiger partial charge in [0.05, 0.1) is 18.0 Å². The van der Waals surface area contributed by atoms with Crippen LogP contribution in [0.3, 0.4) is 0 Å². The first-order chi connectivity index (χ1) is 9.52. The van der Waals surface area contributed by atoms with Crippen molar-refractivity contribution in [3.05, 3.63) is 29.8 Å². The van der Waals surface area contributed by atoms with Crippen molar-refractivity contribution in [3.63, 3.8) is 0 Å². The normalized spacial score (nSPS) is 20.8. The number of hydrogen-bond acceptors (Lipinski definition) is 3. The van der Waals surface area contributed by atoms with E-state index in [9.17, 15) is 9.50 Å². The van der Waals surface area contributed by atoms with Gasteiger partial charge in [-0.25, -0.2) is 4.39 Å². The van der Waals surface area contributed by atoms with Crippen molar-refractivity contribution in [3.8, 4) is 0 Å². The molecule has 0 saturated carbocycles. The molecule has 1 N–H and O–H groups in total. The molecular formula is C16H25FN2O. The maximum absolute atomic E-state index is 12.8. The molecule has 0 aliphatic carbocycles. The Kier molecular flexibility index (Phi) is 5.11. The molecule has 2 heterocycles. The zero-order valence-electron chi connectivity index (χ0n) is 12.5. The van der Waals surface area contributed by atoms with E-state index in [1.165, 1.54) is 25.3 Å². The van der Waals surface area contributed by atoms with Gasteiger partial charge in [0.2, 0.25) is 0 Å². The lowest BCUT2D eigenvalue weighted by Crippen LogP contribution is -2.39. The van der Waals surface area contributed by atoms with Crippen LogP contribution in [0.15, 0.2) is 18.3 Å². The zero-order chi connectivity index (χ0) is 14.6. The Labute approximate surface area is 120 Å². The molecule has 4 heteroatoms. The van der Waals surface area contributed by atoms with Crippen molar-refractivity contribution >= 4 is 0 Å². The first-order valence-electron chi connectivity index (χ1n) is 7.54. The lowest BCUT2D eigenvalue weighted by Gasteiger charge is -2.39. The summed E-state index contributed by atoms with van der Waals surface area (Å²) in [6.45, 7) is 7.71. The maximum Gasteiger partial charge on any atom is 0.141 e. The molecule has 1 atom stereocenters. The molecule has 1 aliphatic rings. The van der Waals surface area contributed by atoms with Crippen molar-refractivity contribution < 1.29 is 9.50 Å². The minimum Gasteiger partial charge on any atom is -0.387 e. The van der Waals surface area contributed by atoms with Crippen molar-refractivity contribution in [2.24, 2.45) is 5.41 Å². The molecule has 0 amide bonds. The smallest absolute Gasteiger partial charge is 0.141 e. The molecule has 20 heavy (non-hydrogen) atoms. The largest absolute Gasteiger partial charge is 0.387 e. The van der Waals surface area contributed by atoms with E-state index in [0.29, 0.717) is 17.5 Å². The summed E-state index contributed by atoms with van der Waals surface area (Å²) >= 11 is 0. The molecule has 1 saturated heterocycles. The van der Waals surface area contributed by atoms with Crippen molar-refractivity contribution in [1.29, 1.82) is 0 Å². The van der Waals surface area contributed by atoms with Gasteiger partial charge in [0, 0.05) is 6.54 Å². The van der Waals surface area contributed by atoms with Crippen LogP contribution in [0, 0.1) is 11.2 Å². The summed E-state index contributed by atoms with van der Waals surface area (Å²) in [6, 6.07) is 2.91. The minimum absolute atomic E-state index is 0.365. The third-order valence-electron chi connectivity index (χ3n) is 4.73. The van der Waals surface area contributed by atoms with Gasteiger partial charge >= 0.3 is 0 Å². The van der Waals surface area contributed by atoms with Gasteiger partial charge in [-0.1, -0.05) is 20.3 Å². The number of nitrogens with zero attached hydrogens (tertiary/aromatic N) is 2. The Bertz CT molecular complexity index is 413. The summed E-state index contributed by atoms with van der Waals surface area (Å²) in [5, 5.41) is 10.1. The summed E-state index contributed by atoms with van der Waals surface area (Å²) in [6.07, 6.45) is 4.91. The van der Waals surface area contributed by atoms with Gasteiger partial charge < -0.3 is 10.0 Å². The van der Waals surface area contributed by atoms with E-state index in [4.69, 9.17) is 0 Å². The van der Waals surface area contributed by atoms with Crippen LogP contribution in [-0.4, -0.2) is 34.6 Å². The van der Waals surface area contributed by atoms with E-state index >= 15 is 0 Å². The molecule has 1 unspecified atom stereocenters. The Morgan fingerprint density at radius 1 is 1.40 bits per heavy atom. The SMILES string of the molecule is CCC1(C)CCN(CCC(O)c2ccc(F)cn2)CC1. The van der Waals surface area contributed by atoms with Crippen LogP contribution in [0.25, 0.3) is 0 Å². The maximum atomic E-state index is 12.8. The van der Waals surface area contributed by atoms with Gasteiger partial charge in [-0.05, 0) is 49.9 Å². The summed E-state index contributed by atoms with van der Waals surface area (Å²) < 4.78 is 12.8. The molecule has 1 aromatic heterocycles. The van der Waals surface area contributed by atoms with E-state index in [-0.39, 0.29) is 5.82 Å². The van der Waals surface area contributed by atoms with E-state index in [2.05, 4.69) is 23.7 Å². The van der Waals surface area contributed by atoms with Crippen LogP contribution < -0.4 is 0 Å². The number of piperidine rings is 1. The highest BCUT2D eigenvalue weighted by molar-refractivity contribution is 5.07. The number of aromatic nitrogens is 1. The van der Waals surface area contributed by atoms with Crippen molar-refractivity contribution in [2.45, 2.75) is 45.6 Å². The highest BCUT2D eigenvalue weighted by Gasteiger charge is 2.28. The fourth-order valence-electron chi connectivity index (χ4n) is 2.71. The fourth-order valence-corrected chi connectivity index (χ4v) is 2.71. The molecule has 0 aromatic carbocycles. The molecule has 2 rings (SSSR count). The number of likely N-dealkylation sites (tertiary alicyclic amines) is 1. The average molecular weight is 280 g/mol. The van der Waals surface area contributed by atoms with E-state index in [1.54, 1.807) is 6.07 Å². The van der Waals surface area contributed by atoms with Crippen molar-refractivity contribution in [2.75, 3.05) is 19.6 Å².